The van der Waals surface area contributed by atoms with Crippen molar-refractivity contribution < 1.29 is 14.0 Å². The van der Waals surface area contributed by atoms with Crippen molar-refractivity contribution >= 4 is 23.1 Å². The minimum atomic E-state index is -0.560. The van der Waals surface area contributed by atoms with Gasteiger partial charge in [0, 0.05) is 51.0 Å². The molecule has 1 saturated heterocycles. The van der Waals surface area contributed by atoms with Gasteiger partial charge in [-0.3, -0.25) is 14.5 Å². The molecular weight excluding hydrogens is 409 g/mol. The summed E-state index contributed by atoms with van der Waals surface area (Å²) in [6.07, 6.45) is 2.16. The Morgan fingerprint density at radius 2 is 1.94 bits per heavy atom. The molecule has 5 rings (SSSR count). The second-order valence-corrected chi connectivity index (χ2v) is 8.71. The number of carbonyl (C=O) groups excluding carboxylic acids is 2. The molecule has 0 radical (unpaired) electrons. The zero-order valence-corrected chi connectivity index (χ0v) is 18.3. The molecule has 0 saturated carbocycles. The van der Waals surface area contributed by atoms with E-state index in [1.165, 1.54) is 23.4 Å². The van der Waals surface area contributed by atoms with Gasteiger partial charge in [0.25, 0.3) is 0 Å². The summed E-state index contributed by atoms with van der Waals surface area (Å²) in [6, 6.07) is 8.39. The summed E-state index contributed by atoms with van der Waals surface area (Å²) in [6.45, 7) is 7.56. The van der Waals surface area contributed by atoms with Crippen molar-refractivity contribution in [1.82, 2.24) is 19.2 Å². The van der Waals surface area contributed by atoms with Crippen LogP contribution in [0.4, 0.5) is 10.1 Å². The third kappa shape index (κ3) is 3.75. The molecule has 7 nitrogen and oxygen atoms in total. The molecule has 2 aliphatic rings. The number of aryl methyl sites for hydroxylation is 2. The number of imidazole rings is 1. The number of fused-ring (bicyclic) bond motifs is 2. The number of piperazine rings is 1. The van der Waals surface area contributed by atoms with Gasteiger partial charge in [0.1, 0.15) is 11.5 Å². The third-order valence-corrected chi connectivity index (χ3v) is 6.49. The second-order valence-electron chi connectivity index (χ2n) is 8.71. The van der Waals surface area contributed by atoms with Crippen LogP contribution in [0.15, 0.2) is 36.5 Å². The van der Waals surface area contributed by atoms with Crippen LogP contribution in [0.2, 0.25) is 0 Å². The number of anilines is 1. The Labute approximate surface area is 185 Å². The molecule has 32 heavy (non-hydrogen) atoms. The minimum absolute atomic E-state index is 0.0613. The average Bonchev–Trinajstić information content (AvgIpc) is 3.06. The SMILES string of the molecule is Cc1ccn2c(CN3CCN(C(=O)C4CC(=O)Nc5cc(F)ccc54)CC3)c(C)nc2c1. The van der Waals surface area contributed by atoms with Crippen LogP contribution in [0.5, 0.6) is 0 Å². The van der Waals surface area contributed by atoms with Crippen LogP contribution in [0, 0.1) is 19.7 Å². The summed E-state index contributed by atoms with van der Waals surface area (Å²) < 4.78 is 15.7. The monoisotopic (exact) mass is 435 g/mol. The molecular formula is C24H26FN5O2. The number of carbonyl (C=O) groups is 2. The van der Waals surface area contributed by atoms with Gasteiger partial charge in [-0.2, -0.15) is 0 Å². The normalized spacial score (nSPS) is 19.2. The number of rotatable bonds is 3. The first kappa shape index (κ1) is 20.6. The number of nitrogens with zero attached hydrogens (tertiary/aromatic N) is 4. The Hall–Kier alpha value is -3.26. The molecule has 1 unspecified atom stereocenters. The number of pyridine rings is 1. The lowest BCUT2D eigenvalue weighted by Crippen LogP contribution is -2.50. The summed E-state index contributed by atoms with van der Waals surface area (Å²) in [4.78, 5) is 34.2. The summed E-state index contributed by atoms with van der Waals surface area (Å²) in [5, 5.41) is 2.68. The van der Waals surface area contributed by atoms with Gasteiger partial charge in [-0.15, -0.1) is 0 Å². The third-order valence-electron chi connectivity index (χ3n) is 6.49. The molecule has 2 amide bonds. The predicted octanol–water partition coefficient (Wildman–Crippen LogP) is 2.86. The van der Waals surface area contributed by atoms with Crippen LogP contribution < -0.4 is 5.32 Å². The maximum Gasteiger partial charge on any atom is 0.230 e. The summed E-state index contributed by atoms with van der Waals surface area (Å²) in [5.41, 5.74) is 5.41. The van der Waals surface area contributed by atoms with E-state index in [-0.39, 0.29) is 18.2 Å². The molecule has 8 heteroatoms. The van der Waals surface area contributed by atoms with Gasteiger partial charge in [0.15, 0.2) is 0 Å². The van der Waals surface area contributed by atoms with E-state index < -0.39 is 11.7 Å². The molecule has 2 aliphatic heterocycles. The number of halogens is 1. The van der Waals surface area contributed by atoms with Crippen LogP contribution in [0.3, 0.4) is 0 Å². The summed E-state index contributed by atoms with van der Waals surface area (Å²) in [5.74, 6) is -1.30. The molecule has 0 bridgehead atoms. The lowest BCUT2D eigenvalue weighted by Gasteiger charge is -2.37. The fourth-order valence-electron chi connectivity index (χ4n) is 4.72. The zero-order valence-electron chi connectivity index (χ0n) is 18.3. The van der Waals surface area contributed by atoms with E-state index in [1.54, 1.807) is 6.07 Å². The number of hydrogen-bond acceptors (Lipinski definition) is 4. The van der Waals surface area contributed by atoms with E-state index in [0.717, 1.165) is 31.0 Å². The Kier molecular flexibility index (Phi) is 5.17. The maximum absolute atomic E-state index is 13.6. The van der Waals surface area contributed by atoms with E-state index in [2.05, 4.69) is 44.9 Å². The highest BCUT2D eigenvalue weighted by Crippen LogP contribution is 2.34. The largest absolute Gasteiger partial charge is 0.340 e. The van der Waals surface area contributed by atoms with Crippen molar-refractivity contribution in [3.8, 4) is 0 Å². The fraction of sp³-hybridized carbons (Fsp3) is 0.375. The van der Waals surface area contributed by atoms with Crippen LogP contribution >= 0.6 is 0 Å². The van der Waals surface area contributed by atoms with Crippen molar-refractivity contribution in [2.75, 3.05) is 31.5 Å². The Bertz CT molecular complexity index is 1210. The molecule has 0 spiro atoms. The topological polar surface area (TPSA) is 70.0 Å². The molecule has 1 atom stereocenters. The van der Waals surface area contributed by atoms with Gasteiger partial charge in [0.05, 0.1) is 17.3 Å². The fourth-order valence-corrected chi connectivity index (χ4v) is 4.72. The van der Waals surface area contributed by atoms with E-state index in [0.29, 0.717) is 24.3 Å². The highest BCUT2D eigenvalue weighted by atomic mass is 19.1. The van der Waals surface area contributed by atoms with Crippen molar-refractivity contribution in [1.29, 1.82) is 0 Å². The van der Waals surface area contributed by atoms with Gasteiger partial charge >= 0.3 is 0 Å². The minimum Gasteiger partial charge on any atom is -0.340 e. The van der Waals surface area contributed by atoms with Crippen LogP contribution in [0.1, 0.15) is 34.9 Å². The first-order valence-electron chi connectivity index (χ1n) is 10.9. The Morgan fingerprint density at radius 1 is 1.16 bits per heavy atom. The van der Waals surface area contributed by atoms with Crippen molar-refractivity contribution in [2.24, 2.45) is 0 Å². The zero-order chi connectivity index (χ0) is 22.4. The first-order chi connectivity index (χ1) is 15.4. The molecule has 1 N–H and O–H groups in total. The highest BCUT2D eigenvalue weighted by molar-refractivity contribution is 6.01. The van der Waals surface area contributed by atoms with E-state index in [1.807, 2.05) is 11.8 Å². The Morgan fingerprint density at radius 3 is 2.72 bits per heavy atom. The predicted molar refractivity (Wildman–Crippen MR) is 119 cm³/mol. The summed E-state index contributed by atoms with van der Waals surface area (Å²) in [7, 11) is 0. The number of amides is 2. The molecule has 2 aromatic heterocycles. The van der Waals surface area contributed by atoms with Crippen LogP contribution in [-0.2, 0) is 16.1 Å². The van der Waals surface area contributed by atoms with Gasteiger partial charge in [-0.05, 0) is 49.2 Å². The highest BCUT2D eigenvalue weighted by Gasteiger charge is 2.35. The van der Waals surface area contributed by atoms with E-state index in [9.17, 15) is 14.0 Å². The average molecular weight is 436 g/mol. The van der Waals surface area contributed by atoms with Crippen molar-refractivity contribution in [3.63, 3.8) is 0 Å². The van der Waals surface area contributed by atoms with Crippen LogP contribution in [0.25, 0.3) is 5.65 Å². The van der Waals surface area contributed by atoms with Crippen molar-refractivity contribution in [3.05, 3.63) is 64.9 Å². The maximum atomic E-state index is 13.6. The van der Waals surface area contributed by atoms with Crippen molar-refractivity contribution in [2.45, 2.75) is 32.7 Å². The Balaban J connectivity index is 1.27. The van der Waals surface area contributed by atoms with Gasteiger partial charge < -0.3 is 14.6 Å². The number of hydrogen-bond donors (Lipinski definition) is 1. The van der Waals surface area contributed by atoms with Gasteiger partial charge in [0.2, 0.25) is 11.8 Å². The number of nitrogens with one attached hydrogen (secondary N) is 1. The van der Waals surface area contributed by atoms with E-state index in [4.69, 9.17) is 0 Å². The quantitative estimate of drug-likeness (QED) is 0.687. The van der Waals surface area contributed by atoms with E-state index >= 15 is 0 Å². The standard InChI is InChI=1S/C24H26FN5O2/c1-15-5-6-30-21(16(2)26-22(30)11-15)14-28-7-9-29(10-8-28)24(32)19-13-23(31)27-20-12-17(25)3-4-18(19)20/h3-6,11-12,19H,7-10,13-14H2,1-2H3,(H,27,31). The molecule has 0 aliphatic carbocycles. The molecule has 166 valence electrons. The number of benzene rings is 1. The lowest BCUT2D eigenvalue weighted by molar-refractivity contribution is -0.136. The number of aromatic nitrogens is 2. The second kappa shape index (κ2) is 8.02. The first-order valence-corrected chi connectivity index (χ1v) is 10.9. The molecule has 1 fully saturated rings. The van der Waals surface area contributed by atoms with Crippen LogP contribution in [-0.4, -0.2) is 57.2 Å². The molecule has 3 aromatic rings. The van der Waals surface area contributed by atoms with Gasteiger partial charge in [-0.25, -0.2) is 9.37 Å². The lowest BCUT2D eigenvalue weighted by atomic mass is 9.89. The molecule has 1 aromatic carbocycles. The molecule has 4 heterocycles. The smallest absolute Gasteiger partial charge is 0.230 e. The van der Waals surface area contributed by atoms with Gasteiger partial charge in [-0.1, -0.05) is 6.07 Å². The summed E-state index contributed by atoms with van der Waals surface area (Å²) >= 11 is 0.